The number of hydrogen-bond acceptors (Lipinski definition) is 4. The quantitative estimate of drug-likeness (QED) is 0.303. The molecule has 0 saturated heterocycles. The highest BCUT2D eigenvalue weighted by molar-refractivity contribution is 6.34. The average molecular weight is 533 g/mol. The maximum Gasteiger partial charge on any atom is 0.338 e. The van der Waals surface area contributed by atoms with Crippen LogP contribution in [0.5, 0.6) is 0 Å². The highest BCUT2D eigenvalue weighted by atomic mass is 35.5. The van der Waals surface area contributed by atoms with Crippen molar-refractivity contribution < 1.29 is 13.9 Å². The Morgan fingerprint density at radius 3 is 2.25 bits per heavy atom. The maximum atomic E-state index is 13.3. The van der Waals surface area contributed by atoms with Gasteiger partial charge in [-0.3, -0.25) is 9.69 Å². The lowest BCUT2D eigenvalue weighted by Gasteiger charge is -2.27. The van der Waals surface area contributed by atoms with Gasteiger partial charge in [0.2, 0.25) is 0 Å². The number of esters is 1. The van der Waals surface area contributed by atoms with Crippen molar-refractivity contribution in [2.75, 3.05) is 7.05 Å². The van der Waals surface area contributed by atoms with Gasteiger partial charge in [-0.05, 0) is 82.6 Å². The van der Waals surface area contributed by atoms with Crippen LogP contribution in [-0.2, 0) is 24.2 Å². The Kier molecular flexibility index (Phi) is 8.98. The minimum Gasteiger partial charge on any atom is -0.456 e. The highest BCUT2D eigenvalue weighted by Crippen LogP contribution is 2.25. The molecule has 192 valence electrons. The van der Waals surface area contributed by atoms with Crippen molar-refractivity contribution in [3.05, 3.63) is 103 Å². The molecule has 8 heteroatoms. The van der Waals surface area contributed by atoms with Crippen LogP contribution in [0.3, 0.4) is 0 Å². The summed E-state index contributed by atoms with van der Waals surface area (Å²) in [5.74, 6) is -0.671. The van der Waals surface area contributed by atoms with E-state index in [-0.39, 0.29) is 28.4 Å². The van der Waals surface area contributed by atoms with Gasteiger partial charge in [0.1, 0.15) is 16.4 Å². The van der Waals surface area contributed by atoms with E-state index in [0.29, 0.717) is 35.8 Å². The van der Waals surface area contributed by atoms with Gasteiger partial charge in [0, 0.05) is 19.1 Å². The molecule has 0 spiro atoms. The summed E-state index contributed by atoms with van der Waals surface area (Å²) < 4.78 is 20.3. The lowest BCUT2D eigenvalue weighted by atomic mass is 10.1. The first-order valence-corrected chi connectivity index (χ1v) is 12.5. The second kappa shape index (κ2) is 11.6. The zero-order chi connectivity index (χ0) is 26.6. The summed E-state index contributed by atoms with van der Waals surface area (Å²) in [6.45, 7) is 8.22. The molecule has 2 aromatic carbocycles. The van der Waals surface area contributed by atoms with E-state index in [1.165, 1.54) is 18.2 Å². The number of halogens is 3. The van der Waals surface area contributed by atoms with E-state index in [4.69, 9.17) is 27.9 Å². The predicted octanol–water partition coefficient (Wildman–Crippen LogP) is 6.69. The van der Waals surface area contributed by atoms with Crippen molar-refractivity contribution in [2.24, 2.45) is 0 Å². The van der Waals surface area contributed by atoms with E-state index in [9.17, 15) is 14.0 Å². The molecule has 0 saturated carbocycles. The van der Waals surface area contributed by atoms with Crippen LogP contribution >= 0.6 is 23.2 Å². The minimum atomic E-state index is -0.569. The van der Waals surface area contributed by atoms with Crippen LogP contribution in [0.15, 0.2) is 59.4 Å². The number of nitrogens with zero attached hydrogens (tertiary/aromatic N) is 2. The van der Waals surface area contributed by atoms with E-state index < -0.39 is 5.60 Å². The molecule has 0 N–H and O–H groups in total. The molecule has 1 heterocycles. The molecule has 0 bridgehead atoms. The highest BCUT2D eigenvalue weighted by Gasteiger charge is 2.20. The number of carbonyl (C=O) groups excluding carboxylic acids is 1. The van der Waals surface area contributed by atoms with Gasteiger partial charge < -0.3 is 9.30 Å². The molecule has 0 aliphatic rings. The summed E-state index contributed by atoms with van der Waals surface area (Å²) in [4.78, 5) is 27.3. The molecule has 3 rings (SSSR count). The summed E-state index contributed by atoms with van der Waals surface area (Å²) in [6, 6.07) is 14.9. The molecule has 1 unspecified atom stereocenters. The summed E-state index contributed by atoms with van der Waals surface area (Å²) in [6.07, 6.45) is 0.537. The standard InChI is InChI=1S/C28H31Cl2FN2O3/c1-18(20-10-12-22(31)13-11-20)32(5)17-25-23(29)16-24(30)26(34)33(25)15-14-19-6-8-21(9-7-19)27(35)36-28(2,3)4/h6-13,16,18H,14-15,17H2,1-5H3. The first-order valence-electron chi connectivity index (χ1n) is 11.7. The maximum absolute atomic E-state index is 13.3. The van der Waals surface area contributed by atoms with E-state index in [0.717, 1.165) is 11.1 Å². The SMILES string of the molecule is CC(c1ccc(F)cc1)N(C)Cc1c(Cl)cc(Cl)c(=O)n1CCc1ccc(C(=O)OC(C)(C)C)cc1. The fraction of sp³-hybridized carbons (Fsp3) is 0.357. The Balaban J connectivity index is 1.78. The molecular weight excluding hydrogens is 502 g/mol. The molecule has 5 nitrogen and oxygen atoms in total. The van der Waals surface area contributed by atoms with Gasteiger partial charge in [-0.25, -0.2) is 9.18 Å². The first-order chi connectivity index (χ1) is 16.9. The van der Waals surface area contributed by atoms with Crippen LogP contribution in [0.25, 0.3) is 0 Å². The van der Waals surface area contributed by atoms with Gasteiger partial charge in [0.15, 0.2) is 0 Å². The molecule has 0 aliphatic heterocycles. The Bertz CT molecular complexity index is 1270. The lowest BCUT2D eigenvalue weighted by molar-refractivity contribution is 0.00695. The van der Waals surface area contributed by atoms with Gasteiger partial charge in [0.25, 0.3) is 5.56 Å². The number of pyridine rings is 1. The Labute approximate surface area is 221 Å². The fourth-order valence-corrected chi connectivity index (χ4v) is 4.33. The zero-order valence-electron chi connectivity index (χ0n) is 21.1. The Morgan fingerprint density at radius 1 is 1.06 bits per heavy atom. The zero-order valence-corrected chi connectivity index (χ0v) is 22.7. The van der Waals surface area contributed by atoms with Crippen LogP contribution in [0.1, 0.15) is 60.9 Å². The summed E-state index contributed by atoms with van der Waals surface area (Å²) in [7, 11) is 1.92. The molecule has 1 aromatic heterocycles. The normalized spacial score (nSPS) is 12.6. The molecule has 3 aromatic rings. The second-order valence-corrected chi connectivity index (χ2v) is 10.6. The van der Waals surface area contributed by atoms with Crippen LogP contribution < -0.4 is 5.56 Å². The largest absolute Gasteiger partial charge is 0.456 e. The number of aromatic nitrogens is 1. The summed E-state index contributed by atoms with van der Waals surface area (Å²) in [5.41, 5.74) is 2.12. The van der Waals surface area contributed by atoms with Gasteiger partial charge in [0.05, 0.1) is 16.3 Å². The van der Waals surface area contributed by atoms with E-state index in [1.54, 1.807) is 28.8 Å². The Hall–Kier alpha value is -2.67. The molecule has 36 heavy (non-hydrogen) atoms. The first kappa shape index (κ1) is 27.9. The summed E-state index contributed by atoms with van der Waals surface area (Å²) >= 11 is 12.7. The van der Waals surface area contributed by atoms with Crippen LogP contribution in [0.2, 0.25) is 10.0 Å². The van der Waals surface area contributed by atoms with Gasteiger partial charge >= 0.3 is 5.97 Å². The molecular formula is C28H31Cl2FN2O3. The average Bonchev–Trinajstić information content (AvgIpc) is 2.81. The van der Waals surface area contributed by atoms with Crippen molar-refractivity contribution in [3.8, 4) is 0 Å². The number of ether oxygens (including phenoxy) is 1. The third-order valence-corrected chi connectivity index (χ3v) is 6.53. The second-order valence-electron chi connectivity index (χ2n) is 9.84. The van der Waals surface area contributed by atoms with Crippen LogP contribution in [-0.4, -0.2) is 28.1 Å². The smallest absolute Gasteiger partial charge is 0.338 e. The number of carbonyl (C=O) groups is 1. The van der Waals surface area contributed by atoms with Gasteiger partial charge in [-0.1, -0.05) is 47.5 Å². The lowest BCUT2D eigenvalue weighted by Crippen LogP contribution is -2.30. The third kappa shape index (κ3) is 7.19. The fourth-order valence-electron chi connectivity index (χ4n) is 3.79. The van der Waals surface area contributed by atoms with Crippen molar-refractivity contribution in [1.29, 1.82) is 0 Å². The van der Waals surface area contributed by atoms with Crippen molar-refractivity contribution >= 4 is 29.2 Å². The Morgan fingerprint density at radius 2 is 1.67 bits per heavy atom. The van der Waals surface area contributed by atoms with Crippen LogP contribution in [0, 0.1) is 5.82 Å². The van der Waals surface area contributed by atoms with E-state index in [2.05, 4.69) is 0 Å². The molecule has 0 amide bonds. The van der Waals surface area contributed by atoms with Crippen molar-refractivity contribution in [2.45, 2.75) is 58.8 Å². The van der Waals surface area contributed by atoms with E-state index in [1.807, 2.05) is 51.8 Å². The number of aryl methyl sites for hydroxylation is 1. The molecule has 1 atom stereocenters. The number of benzene rings is 2. The van der Waals surface area contributed by atoms with Gasteiger partial charge in [-0.2, -0.15) is 0 Å². The third-order valence-electron chi connectivity index (χ3n) is 5.93. The van der Waals surface area contributed by atoms with Gasteiger partial charge in [-0.15, -0.1) is 0 Å². The number of rotatable bonds is 8. The minimum absolute atomic E-state index is 0.0405. The predicted molar refractivity (Wildman–Crippen MR) is 142 cm³/mol. The molecule has 0 radical (unpaired) electrons. The van der Waals surface area contributed by atoms with Crippen molar-refractivity contribution in [3.63, 3.8) is 0 Å². The van der Waals surface area contributed by atoms with Crippen molar-refractivity contribution in [1.82, 2.24) is 9.47 Å². The van der Waals surface area contributed by atoms with E-state index >= 15 is 0 Å². The summed E-state index contributed by atoms with van der Waals surface area (Å²) in [5, 5.41) is 0.455. The molecule has 0 fully saturated rings. The number of hydrogen-bond donors (Lipinski definition) is 0. The molecule has 0 aliphatic carbocycles. The monoisotopic (exact) mass is 532 g/mol. The topological polar surface area (TPSA) is 51.5 Å². The van der Waals surface area contributed by atoms with Crippen LogP contribution in [0.4, 0.5) is 4.39 Å².